The van der Waals surface area contributed by atoms with Crippen molar-refractivity contribution in [3.63, 3.8) is 0 Å². The van der Waals surface area contributed by atoms with Gasteiger partial charge in [0.1, 0.15) is 23.7 Å². The number of hydrogen-bond donors (Lipinski definition) is 5. The summed E-state index contributed by atoms with van der Waals surface area (Å²) in [6.07, 6.45) is 4.16. The SMILES string of the molecule is CC.CCC.COC(=O)NCC(=O)NCCCCc1ncc(-c2ccc3cc(-c4ccc5nc(C6COCCN6C(=O)C(NC(=O)OC)C(C)C)[nH]c5c4)ccc3c2)[nH]1. The van der Waals surface area contributed by atoms with Gasteiger partial charge in [0.15, 0.2) is 0 Å². The fourth-order valence-electron chi connectivity index (χ4n) is 6.50. The van der Waals surface area contributed by atoms with Crippen molar-refractivity contribution in [1.82, 2.24) is 40.8 Å². The van der Waals surface area contributed by atoms with Crippen LogP contribution in [0, 0.1) is 5.92 Å². The second kappa shape index (κ2) is 22.8. The van der Waals surface area contributed by atoms with E-state index in [1.54, 1.807) is 4.90 Å². The molecule has 2 unspecified atom stereocenters. The maximum absolute atomic E-state index is 13.7. The van der Waals surface area contributed by atoms with Crippen LogP contribution in [-0.4, -0.2) is 102 Å². The zero-order valence-corrected chi connectivity index (χ0v) is 35.6. The average molecular weight is 813 g/mol. The lowest BCUT2D eigenvalue weighted by Crippen LogP contribution is -2.54. The number of aryl methyl sites for hydroxylation is 1. The molecule has 4 amide bonds. The Hall–Kier alpha value is -5.96. The molecule has 0 bridgehead atoms. The van der Waals surface area contributed by atoms with E-state index >= 15 is 0 Å². The van der Waals surface area contributed by atoms with E-state index in [0.717, 1.165) is 69.3 Å². The smallest absolute Gasteiger partial charge is 0.407 e. The zero-order valence-electron chi connectivity index (χ0n) is 35.6. The molecule has 0 radical (unpaired) electrons. The van der Waals surface area contributed by atoms with Crippen molar-refractivity contribution in [3.8, 4) is 22.4 Å². The van der Waals surface area contributed by atoms with Crippen molar-refractivity contribution in [2.45, 2.75) is 79.3 Å². The van der Waals surface area contributed by atoms with Gasteiger partial charge in [0.05, 0.1) is 56.9 Å². The van der Waals surface area contributed by atoms with Crippen LogP contribution < -0.4 is 16.0 Å². The number of nitrogens with zero attached hydrogens (tertiary/aromatic N) is 3. The fraction of sp³-hybridized carbons (Fsp3) is 0.455. The number of aromatic nitrogens is 4. The highest BCUT2D eigenvalue weighted by Crippen LogP contribution is 2.31. The van der Waals surface area contributed by atoms with Gasteiger partial charge >= 0.3 is 12.2 Å². The van der Waals surface area contributed by atoms with E-state index in [9.17, 15) is 19.2 Å². The number of H-pyrrole nitrogens is 2. The van der Waals surface area contributed by atoms with Crippen LogP contribution in [0.3, 0.4) is 0 Å². The molecule has 59 heavy (non-hydrogen) atoms. The third-order valence-electron chi connectivity index (χ3n) is 9.47. The minimum absolute atomic E-state index is 0.120. The van der Waals surface area contributed by atoms with Crippen molar-refractivity contribution < 1.29 is 33.4 Å². The molecule has 1 saturated heterocycles. The lowest BCUT2D eigenvalue weighted by atomic mass is 9.99. The Balaban J connectivity index is 0.00000147. The van der Waals surface area contributed by atoms with Crippen molar-refractivity contribution in [1.29, 1.82) is 0 Å². The van der Waals surface area contributed by atoms with Gasteiger partial charge in [-0.3, -0.25) is 9.59 Å². The number of aromatic amines is 2. The van der Waals surface area contributed by atoms with Crippen LogP contribution in [0.1, 0.15) is 78.5 Å². The maximum Gasteiger partial charge on any atom is 0.407 e. The number of hydrogen-bond acceptors (Lipinski definition) is 9. The number of rotatable bonds is 13. The molecule has 5 aromatic rings. The molecular formula is C44H60N8O7. The number of carbonyl (C=O) groups is 4. The zero-order chi connectivity index (χ0) is 42.9. The molecule has 2 atom stereocenters. The molecule has 2 aromatic heterocycles. The van der Waals surface area contributed by atoms with E-state index in [2.05, 4.69) is 92.0 Å². The Morgan fingerprint density at radius 3 is 2.24 bits per heavy atom. The molecule has 1 aliphatic rings. The Labute approximate surface area is 346 Å². The molecular weight excluding hydrogens is 753 g/mol. The van der Waals surface area contributed by atoms with E-state index in [1.165, 1.54) is 20.6 Å². The van der Waals surface area contributed by atoms with Crippen molar-refractivity contribution in [2.75, 3.05) is 47.1 Å². The van der Waals surface area contributed by atoms with Crippen LogP contribution in [-0.2, 0) is 30.2 Å². The molecule has 3 heterocycles. The molecule has 1 fully saturated rings. The fourth-order valence-corrected chi connectivity index (χ4v) is 6.50. The molecule has 1 aliphatic heterocycles. The van der Waals surface area contributed by atoms with Gasteiger partial charge in [-0.25, -0.2) is 19.6 Å². The van der Waals surface area contributed by atoms with E-state index in [-0.39, 0.29) is 30.9 Å². The number of unbranched alkanes of at least 4 members (excludes halogenated alkanes) is 1. The lowest BCUT2D eigenvalue weighted by Gasteiger charge is -2.37. The predicted octanol–water partition coefficient (Wildman–Crippen LogP) is 7.29. The van der Waals surface area contributed by atoms with Gasteiger partial charge in [-0.15, -0.1) is 0 Å². The first-order valence-corrected chi connectivity index (χ1v) is 20.4. The van der Waals surface area contributed by atoms with Crippen LogP contribution in [0.5, 0.6) is 0 Å². The number of ether oxygens (including phenoxy) is 3. The summed E-state index contributed by atoms with van der Waals surface area (Å²) in [7, 11) is 2.53. The number of benzene rings is 3. The van der Waals surface area contributed by atoms with Gasteiger partial charge < -0.3 is 45.0 Å². The highest BCUT2D eigenvalue weighted by Gasteiger charge is 2.36. The van der Waals surface area contributed by atoms with Crippen LogP contribution in [0.15, 0.2) is 60.8 Å². The summed E-state index contributed by atoms with van der Waals surface area (Å²) in [5.41, 5.74) is 5.67. The number of imidazole rings is 2. The lowest BCUT2D eigenvalue weighted by molar-refractivity contribution is -0.143. The minimum atomic E-state index is -0.746. The standard InChI is InChI=1S/C39H46N8O7.C3H8.C2H6/c1-23(2)35(46-39(51)53-4)37(49)47-15-16-54-22-32(47)36-44-29-13-12-27(19-30(29)45-36)25-8-9-26-18-28(11-10-24(26)17-25)31-20-41-33(43-31)7-5-6-14-40-34(48)21-42-38(50)52-3;1-3-2;1-2/h8-13,17-20,23,32,35H,5-7,14-16,21-22H2,1-4H3,(H,40,48)(H,41,43)(H,42,50)(H,44,45)(H,46,51);3H2,1-2H3;1-2H3. The number of alkyl carbamates (subject to hydrolysis) is 2. The van der Waals surface area contributed by atoms with Crippen molar-refractivity contribution in [3.05, 3.63) is 72.4 Å². The van der Waals surface area contributed by atoms with Crippen LogP contribution in [0.4, 0.5) is 9.59 Å². The Morgan fingerprint density at radius 1 is 0.881 bits per heavy atom. The van der Waals surface area contributed by atoms with E-state index in [4.69, 9.17) is 14.5 Å². The van der Waals surface area contributed by atoms with Crippen molar-refractivity contribution >= 4 is 45.8 Å². The first-order chi connectivity index (χ1) is 28.5. The Bertz CT molecular complexity index is 2150. The van der Waals surface area contributed by atoms with Crippen LogP contribution >= 0.6 is 0 Å². The molecule has 6 rings (SSSR count). The summed E-state index contributed by atoms with van der Waals surface area (Å²) >= 11 is 0. The molecule has 0 saturated carbocycles. The van der Waals surface area contributed by atoms with Crippen LogP contribution in [0.2, 0.25) is 0 Å². The number of fused-ring (bicyclic) bond motifs is 2. The Kier molecular flexibility index (Phi) is 17.7. The third-order valence-corrected chi connectivity index (χ3v) is 9.47. The number of nitrogens with one attached hydrogen (secondary N) is 5. The molecule has 0 spiro atoms. The summed E-state index contributed by atoms with van der Waals surface area (Å²) in [6.45, 7) is 13.5. The third kappa shape index (κ3) is 12.5. The molecule has 3 aromatic carbocycles. The average Bonchev–Trinajstić information content (AvgIpc) is 3.92. The van der Waals surface area contributed by atoms with E-state index < -0.39 is 24.3 Å². The summed E-state index contributed by atoms with van der Waals surface area (Å²) in [5, 5.41) is 10.0. The van der Waals surface area contributed by atoms with Gasteiger partial charge in [-0.05, 0) is 64.9 Å². The highest BCUT2D eigenvalue weighted by atomic mass is 16.5. The molecule has 15 nitrogen and oxygen atoms in total. The number of methoxy groups -OCH3 is 2. The van der Waals surface area contributed by atoms with Gasteiger partial charge in [-0.2, -0.15) is 0 Å². The maximum atomic E-state index is 13.7. The van der Waals surface area contributed by atoms with E-state index in [0.29, 0.717) is 25.5 Å². The Morgan fingerprint density at radius 2 is 1.54 bits per heavy atom. The highest BCUT2D eigenvalue weighted by molar-refractivity contribution is 5.92. The van der Waals surface area contributed by atoms with Crippen molar-refractivity contribution in [2.24, 2.45) is 5.92 Å². The molecule has 15 heteroatoms. The quantitative estimate of drug-likeness (QED) is 0.0760. The minimum Gasteiger partial charge on any atom is -0.453 e. The van der Waals surface area contributed by atoms with Gasteiger partial charge in [-0.1, -0.05) is 78.3 Å². The predicted molar refractivity (Wildman–Crippen MR) is 230 cm³/mol. The van der Waals surface area contributed by atoms with Gasteiger partial charge in [0.25, 0.3) is 0 Å². The topological polar surface area (TPSA) is 193 Å². The second-order valence-corrected chi connectivity index (χ2v) is 14.2. The van der Waals surface area contributed by atoms with Gasteiger partial charge in [0, 0.05) is 25.1 Å². The van der Waals surface area contributed by atoms with Gasteiger partial charge in [0.2, 0.25) is 11.8 Å². The molecule has 318 valence electrons. The largest absolute Gasteiger partial charge is 0.453 e. The summed E-state index contributed by atoms with van der Waals surface area (Å²) in [6, 6.07) is 17.6. The summed E-state index contributed by atoms with van der Waals surface area (Å²) in [4.78, 5) is 66.5. The monoisotopic (exact) mass is 812 g/mol. The summed E-state index contributed by atoms with van der Waals surface area (Å²) < 4.78 is 15.0. The molecule has 5 N–H and O–H groups in total. The first kappa shape index (κ1) is 45.7. The second-order valence-electron chi connectivity index (χ2n) is 14.2. The summed E-state index contributed by atoms with van der Waals surface area (Å²) in [5.74, 6) is 0.882. The van der Waals surface area contributed by atoms with E-state index in [1.807, 2.05) is 46.0 Å². The number of amides is 4. The van der Waals surface area contributed by atoms with Crippen LogP contribution in [0.25, 0.3) is 44.2 Å². The molecule has 0 aliphatic carbocycles. The number of carbonyl (C=O) groups excluding carboxylic acids is 4. The normalized spacial score (nSPS) is 14.1. The number of morpholine rings is 1. The first-order valence-electron chi connectivity index (χ1n) is 20.4.